The summed E-state index contributed by atoms with van der Waals surface area (Å²) in [6, 6.07) is 1.25. The van der Waals surface area contributed by atoms with E-state index in [9.17, 15) is 0 Å². The number of hydrogen-bond acceptors (Lipinski definition) is 5. The van der Waals surface area contributed by atoms with Crippen LogP contribution in [0.4, 0.5) is 5.82 Å². The average molecular weight is 355 g/mol. The van der Waals surface area contributed by atoms with Gasteiger partial charge in [-0.05, 0) is 55.7 Å². The van der Waals surface area contributed by atoms with Crippen molar-refractivity contribution in [3.8, 4) is 0 Å². The quantitative estimate of drug-likeness (QED) is 0.911. The van der Waals surface area contributed by atoms with Crippen molar-refractivity contribution in [3.05, 3.63) is 16.2 Å². The smallest absolute Gasteiger partial charge is 0.139 e. The fourth-order valence-electron chi connectivity index (χ4n) is 2.88. The first-order chi connectivity index (χ1) is 9.65. The molecule has 0 aromatic carbocycles. The van der Waals surface area contributed by atoms with Crippen LogP contribution in [0.1, 0.15) is 25.7 Å². The first-order valence-corrected chi connectivity index (χ1v) is 8.63. The molecule has 3 rings (SSSR count). The van der Waals surface area contributed by atoms with Gasteiger partial charge in [0.15, 0.2) is 0 Å². The van der Waals surface area contributed by atoms with Gasteiger partial charge >= 0.3 is 0 Å². The van der Waals surface area contributed by atoms with E-state index in [4.69, 9.17) is 0 Å². The molecule has 0 atom stereocenters. The summed E-state index contributed by atoms with van der Waals surface area (Å²) >= 11 is 5.24. The van der Waals surface area contributed by atoms with Gasteiger partial charge in [-0.1, -0.05) is 0 Å². The van der Waals surface area contributed by atoms with Crippen molar-refractivity contribution < 1.29 is 0 Å². The zero-order valence-electron chi connectivity index (χ0n) is 11.8. The van der Waals surface area contributed by atoms with E-state index in [1.54, 1.807) is 17.7 Å². The Hall–Kier alpha value is -0.720. The topological polar surface area (TPSA) is 41.0 Å². The Balaban J connectivity index is 1.73. The summed E-state index contributed by atoms with van der Waals surface area (Å²) in [5, 5.41) is 6.81. The van der Waals surface area contributed by atoms with Gasteiger partial charge in [0, 0.05) is 21.9 Å². The van der Waals surface area contributed by atoms with Gasteiger partial charge < -0.3 is 10.2 Å². The van der Waals surface area contributed by atoms with Gasteiger partial charge in [0.2, 0.25) is 0 Å². The average Bonchev–Trinajstić information content (AvgIpc) is 2.82. The minimum Gasteiger partial charge on any atom is -0.367 e. The maximum atomic E-state index is 4.43. The molecule has 2 aromatic heterocycles. The Bertz CT molecular complexity index is 590. The monoisotopic (exact) mass is 354 g/mol. The molecule has 0 spiro atoms. The van der Waals surface area contributed by atoms with E-state index in [0.717, 1.165) is 26.5 Å². The highest BCUT2D eigenvalue weighted by Gasteiger charge is 2.23. The summed E-state index contributed by atoms with van der Waals surface area (Å²) in [4.78, 5) is 12.1. The van der Waals surface area contributed by atoms with E-state index in [1.807, 2.05) is 0 Å². The number of nitrogens with one attached hydrogen (secondary N) is 1. The second-order valence-electron chi connectivity index (χ2n) is 5.60. The van der Waals surface area contributed by atoms with E-state index in [2.05, 4.69) is 55.6 Å². The highest BCUT2D eigenvalue weighted by molar-refractivity contribution is 9.10. The van der Waals surface area contributed by atoms with Gasteiger partial charge in [-0.3, -0.25) is 0 Å². The van der Waals surface area contributed by atoms with Crippen LogP contribution < -0.4 is 5.32 Å². The van der Waals surface area contributed by atoms with Crippen LogP contribution in [0.2, 0.25) is 0 Å². The molecule has 0 radical (unpaired) electrons. The number of fused-ring (bicyclic) bond motifs is 1. The molecule has 1 saturated carbocycles. The number of anilines is 1. The lowest BCUT2D eigenvalue weighted by molar-refractivity contribution is 0.221. The minimum atomic E-state index is 0.524. The Morgan fingerprint density at radius 2 is 2.00 bits per heavy atom. The molecule has 0 amide bonds. The third kappa shape index (κ3) is 2.82. The van der Waals surface area contributed by atoms with Gasteiger partial charge in [0.1, 0.15) is 17.0 Å². The second kappa shape index (κ2) is 5.95. The molecule has 0 aliphatic heterocycles. The number of nitrogens with zero attached hydrogens (tertiary/aromatic N) is 3. The molecule has 1 N–H and O–H groups in total. The number of halogens is 1. The highest BCUT2D eigenvalue weighted by atomic mass is 79.9. The molecule has 2 heterocycles. The summed E-state index contributed by atoms with van der Waals surface area (Å²) in [5.74, 6) is 0.969. The molecule has 6 heteroatoms. The first kappa shape index (κ1) is 14.2. The van der Waals surface area contributed by atoms with E-state index in [1.165, 1.54) is 25.7 Å². The van der Waals surface area contributed by atoms with Gasteiger partial charge in [-0.25, -0.2) is 9.97 Å². The fraction of sp³-hybridized carbons (Fsp3) is 0.571. The van der Waals surface area contributed by atoms with Gasteiger partial charge in [0.05, 0.1) is 5.39 Å². The van der Waals surface area contributed by atoms with Crippen molar-refractivity contribution in [1.82, 2.24) is 14.9 Å². The van der Waals surface area contributed by atoms with E-state index >= 15 is 0 Å². The second-order valence-corrected chi connectivity index (χ2v) is 7.31. The predicted molar refractivity (Wildman–Crippen MR) is 88.5 cm³/mol. The van der Waals surface area contributed by atoms with Crippen LogP contribution in [-0.2, 0) is 0 Å². The molecule has 20 heavy (non-hydrogen) atoms. The predicted octanol–water partition coefficient (Wildman–Crippen LogP) is 3.74. The zero-order chi connectivity index (χ0) is 14.1. The fourth-order valence-corrected chi connectivity index (χ4v) is 4.43. The lowest BCUT2D eigenvalue weighted by Crippen LogP contribution is -2.36. The zero-order valence-corrected chi connectivity index (χ0v) is 14.2. The maximum absolute atomic E-state index is 4.43. The SMILES string of the molecule is CN(C)[C@H]1CC[C@H](Nc2ncnc3scc(Br)c23)CC1. The summed E-state index contributed by atoms with van der Waals surface area (Å²) < 4.78 is 1.09. The van der Waals surface area contributed by atoms with Crippen molar-refractivity contribution in [3.63, 3.8) is 0 Å². The summed E-state index contributed by atoms with van der Waals surface area (Å²) in [6.45, 7) is 0. The first-order valence-electron chi connectivity index (χ1n) is 6.96. The van der Waals surface area contributed by atoms with E-state index in [0.29, 0.717) is 6.04 Å². The third-order valence-corrected chi connectivity index (χ3v) is 5.91. The summed E-state index contributed by atoms with van der Waals surface area (Å²) in [5.41, 5.74) is 0. The standard InChI is InChI=1S/C14H19BrN4S/c1-19(2)10-5-3-9(4-6-10)18-13-12-11(15)7-20-14(12)17-8-16-13/h7-10H,3-6H2,1-2H3,(H,16,17,18)/t9-,10-. The van der Waals surface area contributed by atoms with E-state index in [-0.39, 0.29) is 0 Å². The Labute approximate surface area is 131 Å². The normalized spacial score (nSPS) is 23.4. The van der Waals surface area contributed by atoms with Crippen molar-refractivity contribution in [2.24, 2.45) is 0 Å². The number of hydrogen-bond donors (Lipinski definition) is 1. The lowest BCUT2D eigenvalue weighted by Gasteiger charge is -2.33. The van der Waals surface area contributed by atoms with E-state index < -0.39 is 0 Å². The van der Waals surface area contributed by atoms with Crippen LogP contribution in [0, 0.1) is 0 Å². The van der Waals surface area contributed by atoms with Crippen LogP contribution >= 0.6 is 27.3 Å². The molecule has 108 valence electrons. The molecule has 4 nitrogen and oxygen atoms in total. The van der Waals surface area contributed by atoms with Crippen LogP contribution in [0.15, 0.2) is 16.2 Å². The van der Waals surface area contributed by atoms with Crippen LogP contribution in [0.3, 0.4) is 0 Å². The molecular weight excluding hydrogens is 336 g/mol. The van der Waals surface area contributed by atoms with Crippen molar-refractivity contribution in [2.75, 3.05) is 19.4 Å². The highest BCUT2D eigenvalue weighted by Crippen LogP contribution is 2.34. The van der Waals surface area contributed by atoms with Crippen LogP contribution in [0.5, 0.6) is 0 Å². The maximum Gasteiger partial charge on any atom is 0.139 e. The molecule has 1 aliphatic rings. The summed E-state index contributed by atoms with van der Waals surface area (Å²) in [6.07, 6.45) is 6.57. The minimum absolute atomic E-state index is 0.524. The summed E-state index contributed by atoms with van der Waals surface area (Å²) in [7, 11) is 4.35. The molecule has 0 unspecified atom stereocenters. The Morgan fingerprint density at radius 3 is 2.70 bits per heavy atom. The number of thiophene rings is 1. The molecule has 2 aromatic rings. The molecule has 0 bridgehead atoms. The molecule has 0 saturated heterocycles. The van der Waals surface area contributed by atoms with Gasteiger partial charge in [-0.2, -0.15) is 0 Å². The van der Waals surface area contributed by atoms with Crippen LogP contribution in [0.25, 0.3) is 10.2 Å². The third-order valence-electron chi connectivity index (χ3n) is 4.09. The molecular formula is C14H19BrN4S. The van der Waals surface area contributed by atoms with Crippen molar-refractivity contribution >= 4 is 43.3 Å². The molecule has 1 fully saturated rings. The van der Waals surface area contributed by atoms with Gasteiger partial charge in [-0.15, -0.1) is 11.3 Å². The number of aromatic nitrogens is 2. The van der Waals surface area contributed by atoms with Crippen molar-refractivity contribution in [1.29, 1.82) is 0 Å². The largest absolute Gasteiger partial charge is 0.367 e. The van der Waals surface area contributed by atoms with Crippen LogP contribution in [-0.4, -0.2) is 41.0 Å². The Kier molecular flexibility index (Phi) is 4.23. The molecule has 1 aliphatic carbocycles. The van der Waals surface area contributed by atoms with Gasteiger partial charge in [0.25, 0.3) is 0 Å². The Morgan fingerprint density at radius 1 is 1.25 bits per heavy atom. The lowest BCUT2D eigenvalue weighted by atomic mass is 9.90. The van der Waals surface area contributed by atoms with Crippen molar-refractivity contribution in [2.45, 2.75) is 37.8 Å². The number of rotatable bonds is 3.